The molecule has 0 radical (unpaired) electrons. The Balaban J connectivity index is 1.96. The van der Waals surface area contributed by atoms with Gasteiger partial charge in [-0.1, -0.05) is 30.3 Å². The molecule has 0 aliphatic rings. The average Bonchev–Trinajstić information content (AvgIpc) is 2.61. The molecule has 2 aromatic carbocycles. The maximum Gasteiger partial charge on any atom is 0.418 e. The van der Waals surface area contributed by atoms with Crippen molar-refractivity contribution >= 4 is 23.2 Å². The lowest BCUT2D eigenvalue weighted by molar-refractivity contribution is -0.885. The van der Waals surface area contributed by atoms with Crippen LogP contribution in [0.4, 0.5) is 24.5 Å². The molecule has 2 rings (SSSR count). The highest BCUT2D eigenvalue weighted by atomic mass is 19.4. The van der Waals surface area contributed by atoms with E-state index in [1.165, 1.54) is 18.2 Å². The molecule has 0 heterocycles. The van der Waals surface area contributed by atoms with E-state index in [4.69, 9.17) is 0 Å². The topological polar surface area (TPSA) is 62.6 Å². The van der Waals surface area contributed by atoms with Gasteiger partial charge in [-0.15, -0.1) is 0 Å². The fraction of sp³-hybridized carbons (Fsp3) is 0.263. The Morgan fingerprint density at radius 2 is 1.59 bits per heavy atom. The third-order valence-corrected chi connectivity index (χ3v) is 4.12. The summed E-state index contributed by atoms with van der Waals surface area (Å²) < 4.78 is 39.0. The van der Waals surface area contributed by atoms with E-state index in [0.29, 0.717) is 10.6 Å². The monoisotopic (exact) mass is 380 g/mol. The summed E-state index contributed by atoms with van der Waals surface area (Å²) in [4.78, 5) is 25.0. The zero-order valence-electron chi connectivity index (χ0n) is 14.9. The Morgan fingerprint density at radius 1 is 1.00 bits per heavy atom. The molecule has 3 N–H and O–H groups in total. The Labute approximate surface area is 155 Å². The second-order valence-corrected chi connectivity index (χ2v) is 6.19. The summed E-state index contributed by atoms with van der Waals surface area (Å²) in [5.41, 5.74) is -0.583. The highest BCUT2D eigenvalue weighted by molar-refractivity contribution is 5.94. The van der Waals surface area contributed by atoms with Crippen molar-refractivity contribution in [3.8, 4) is 0 Å². The third-order valence-electron chi connectivity index (χ3n) is 4.12. The van der Waals surface area contributed by atoms with Crippen LogP contribution in [-0.2, 0) is 15.8 Å². The van der Waals surface area contributed by atoms with E-state index in [-0.39, 0.29) is 18.1 Å². The number of quaternary nitrogens is 1. The molecule has 0 spiro atoms. The SMILES string of the molecule is C[C@H](C(=O)Nc1ccccc1)[NH+](C)CC(=O)Nc1ccccc1C(F)(F)F. The van der Waals surface area contributed by atoms with Gasteiger partial charge >= 0.3 is 6.18 Å². The molecule has 0 aromatic heterocycles. The standard InChI is InChI=1S/C19H20F3N3O2/c1-13(18(27)23-14-8-4-3-5-9-14)25(2)12-17(26)24-16-11-7-6-10-15(16)19(20,21)22/h3-11,13H,12H2,1-2H3,(H,23,27)(H,24,26)/p+1/t13-/m1/s1. The van der Waals surface area contributed by atoms with E-state index in [1.807, 2.05) is 6.07 Å². The van der Waals surface area contributed by atoms with Crippen molar-refractivity contribution in [2.75, 3.05) is 24.2 Å². The summed E-state index contributed by atoms with van der Waals surface area (Å²) in [6.07, 6.45) is -4.56. The van der Waals surface area contributed by atoms with Crippen LogP contribution in [0.2, 0.25) is 0 Å². The number of rotatable bonds is 6. The maximum atomic E-state index is 13.0. The number of carbonyl (C=O) groups is 2. The predicted molar refractivity (Wildman–Crippen MR) is 96.4 cm³/mol. The Kier molecular flexibility index (Phi) is 6.57. The molecule has 2 amide bonds. The van der Waals surface area contributed by atoms with Crippen LogP contribution < -0.4 is 15.5 Å². The van der Waals surface area contributed by atoms with Gasteiger partial charge in [-0.2, -0.15) is 13.2 Å². The van der Waals surface area contributed by atoms with Gasteiger partial charge in [-0.25, -0.2) is 0 Å². The van der Waals surface area contributed by atoms with Crippen LogP contribution in [0.1, 0.15) is 12.5 Å². The van der Waals surface area contributed by atoms with E-state index in [9.17, 15) is 22.8 Å². The van der Waals surface area contributed by atoms with Crippen LogP contribution in [0, 0.1) is 0 Å². The minimum absolute atomic E-state index is 0.157. The molecule has 0 bridgehead atoms. The first-order valence-corrected chi connectivity index (χ1v) is 8.33. The lowest BCUT2D eigenvalue weighted by atomic mass is 10.1. The van der Waals surface area contributed by atoms with Crippen LogP contribution in [0.15, 0.2) is 54.6 Å². The zero-order chi connectivity index (χ0) is 20.0. The number of anilines is 2. The minimum Gasteiger partial charge on any atom is -0.321 e. The number of para-hydroxylation sites is 2. The zero-order valence-corrected chi connectivity index (χ0v) is 14.9. The van der Waals surface area contributed by atoms with Gasteiger partial charge in [0.1, 0.15) is 0 Å². The largest absolute Gasteiger partial charge is 0.418 e. The van der Waals surface area contributed by atoms with Gasteiger partial charge in [0.2, 0.25) is 0 Å². The summed E-state index contributed by atoms with van der Waals surface area (Å²) in [6, 6.07) is 13.0. The first-order valence-electron chi connectivity index (χ1n) is 8.33. The van der Waals surface area contributed by atoms with Crippen molar-refractivity contribution in [3.05, 3.63) is 60.2 Å². The first-order chi connectivity index (χ1) is 12.7. The predicted octanol–water partition coefficient (Wildman–Crippen LogP) is 2.19. The molecule has 144 valence electrons. The summed E-state index contributed by atoms with van der Waals surface area (Å²) in [5.74, 6) is -0.897. The third kappa shape index (κ3) is 5.82. The highest BCUT2D eigenvalue weighted by Crippen LogP contribution is 2.34. The lowest BCUT2D eigenvalue weighted by Crippen LogP contribution is -3.14. The fourth-order valence-corrected chi connectivity index (χ4v) is 2.44. The Morgan fingerprint density at radius 3 is 2.22 bits per heavy atom. The lowest BCUT2D eigenvalue weighted by Gasteiger charge is -2.21. The Hall–Kier alpha value is -2.87. The maximum absolute atomic E-state index is 13.0. The van der Waals surface area contributed by atoms with E-state index in [2.05, 4.69) is 10.6 Å². The van der Waals surface area contributed by atoms with E-state index in [0.717, 1.165) is 6.07 Å². The van der Waals surface area contributed by atoms with Crippen LogP contribution in [0.5, 0.6) is 0 Å². The van der Waals surface area contributed by atoms with Gasteiger partial charge in [0.25, 0.3) is 11.8 Å². The second kappa shape index (κ2) is 8.68. The minimum atomic E-state index is -4.56. The number of likely N-dealkylation sites (N-methyl/N-ethyl adjacent to an activating group) is 1. The molecule has 0 saturated heterocycles. The molecule has 27 heavy (non-hydrogen) atoms. The molecule has 2 aromatic rings. The van der Waals surface area contributed by atoms with Gasteiger partial charge in [0, 0.05) is 5.69 Å². The summed E-state index contributed by atoms with van der Waals surface area (Å²) >= 11 is 0. The van der Waals surface area contributed by atoms with Gasteiger partial charge in [0.05, 0.1) is 18.3 Å². The summed E-state index contributed by atoms with van der Waals surface area (Å²) in [7, 11) is 1.63. The number of halogens is 3. The highest BCUT2D eigenvalue weighted by Gasteiger charge is 2.34. The number of amides is 2. The first kappa shape index (κ1) is 20.4. The molecule has 8 heteroatoms. The molecule has 0 aliphatic carbocycles. The van der Waals surface area contributed by atoms with Crippen molar-refractivity contribution < 1.29 is 27.7 Å². The number of carbonyl (C=O) groups excluding carboxylic acids is 2. The van der Waals surface area contributed by atoms with Crippen molar-refractivity contribution in [1.29, 1.82) is 0 Å². The van der Waals surface area contributed by atoms with Crippen LogP contribution in [-0.4, -0.2) is 31.4 Å². The molecular weight excluding hydrogens is 359 g/mol. The van der Waals surface area contributed by atoms with Gasteiger partial charge < -0.3 is 15.5 Å². The summed E-state index contributed by atoms with van der Waals surface area (Å²) in [5, 5.41) is 5.01. The van der Waals surface area contributed by atoms with Crippen LogP contribution in [0.25, 0.3) is 0 Å². The number of benzene rings is 2. The van der Waals surface area contributed by atoms with E-state index >= 15 is 0 Å². The Bertz CT molecular complexity index is 794. The molecule has 0 aliphatic heterocycles. The van der Waals surface area contributed by atoms with Gasteiger partial charge in [-0.3, -0.25) is 9.59 Å². The fourth-order valence-electron chi connectivity index (χ4n) is 2.44. The molecule has 1 unspecified atom stereocenters. The second-order valence-electron chi connectivity index (χ2n) is 6.19. The molecule has 0 fully saturated rings. The van der Waals surface area contributed by atoms with Crippen molar-refractivity contribution in [2.24, 2.45) is 0 Å². The van der Waals surface area contributed by atoms with Crippen LogP contribution in [0.3, 0.4) is 0 Å². The van der Waals surface area contributed by atoms with Gasteiger partial charge in [0.15, 0.2) is 12.6 Å². The van der Waals surface area contributed by atoms with Gasteiger partial charge in [-0.05, 0) is 31.2 Å². The molecule has 2 atom stereocenters. The quantitative estimate of drug-likeness (QED) is 0.720. The number of hydrogen-bond acceptors (Lipinski definition) is 2. The average molecular weight is 380 g/mol. The number of hydrogen-bond donors (Lipinski definition) is 3. The van der Waals surface area contributed by atoms with Crippen molar-refractivity contribution in [3.63, 3.8) is 0 Å². The normalized spacial score (nSPS) is 13.5. The van der Waals surface area contributed by atoms with E-state index in [1.54, 1.807) is 38.2 Å². The van der Waals surface area contributed by atoms with Crippen LogP contribution >= 0.6 is 0 Å². The van der Waals surface area contributed by atoms with Crippen molar-refractivity contribution in [2.45, 2.75) is 19.1 Å². The number of nitrogens with one attached hydrogen (secondary N) is 3. The smallest absolute Gasteiger partial charge is 0.321 e. The van der Waals surface area contributed by atoms with E-state index < -0.39 is 23.7 Å². The number of alkyl halides is 3. The summed E-state index contributed by atoms with van der Waals surface area (Å²) in [6.45, 7) is 1.49. The van der Waals surface area contributed by atoms with Crippen molar-refractivity contribution in [1.82, 2.24) is 0 Å². The molecule has 5 nitrogen and oxygen atoms in total. The molecule has 0 saturated carbocycles. The molecular formula is C19H21F3N3O2+.